The third kappa shape index (κ3) is 2.80. The minimum absolute atomic E-state index is 0.00491. The van der Waals surface area contributed by atoms with Crippen LogP contribution in [-0.2, 0) is 9.53 Å². The lowest BCUT2D eigenvalue weighted by Crippen LogP contribution is -2.07. The van der Waals surface area contributed by atoms with Gasteiger partial charge in [0.1, 0.15) is 0 Å². The first-order valence-electron chi connectivity index (χ1n) is 4.05. The average Bonchev–Trinajstić information content (AvgIpc) is 2.45. The Morgan fingerprint density at radius 2 is 2.43 bits per heavy atom. The summed E-state index contributed by atoms with van der Waals surface area (Å²) < 4.78 is 5.32. The molecule has 1 aromatic rings. The van der Waals surface area contributed by atoms with Crippen molar-refractivity contribution >= 4 is 33.2 Å². The zero-order valence-corrected chi connectivity index (χ0v) is 10.3. The van der Waals surface area contributed by atoms with Gasteiger partial charge in [0.05, 0.1) is 19.6 Å². The van der Waals surface area contributed by atoms with E-state index in [1.54, 1.807) is 0 Å². The number of ether oxygens (including phenoxy) is 1. The molecule has 1 aromatic heterocycles. The third-order valence-electron chi connectivity index (χ3n) is 1.73. The van der Waals surface area contributed by atoms with Gasteiger partial charge in [0.2, 0.25) is 0 Å². The smallest absolute Gasteiger partial charge is 0.308 e. The quantitative estimate of drug-likeness (QED) is 0.864. The van der Waals surface area contributed by atoms with E-state index in [1.807, 2.05) is 13.0 Å². The molecule has 1 atom stereocenters. The fourth-order valence-electron chi connectivity index (χ4n) is 1.06. The van der Waals surface area contributed by atoms with Crippen LogP contribution in [0.5, 0.6) is 0 Å². The van der Waals surface area contributed by atoms with Gasteiger partial charge in [0.25, 0.3) is 0 Å². The molecule has 1 heterocycles. The number of carbonyl (C=O) groups excluding carboxylic acids is 1. The van der Waals surface area contributed by atoms with Crippen LogP contribution in [0.3, 0.4) is 0 Å². The van der Waals surface area contributed by atoms with Crippen molar-refractivity contribution in [3.05, 3.63) is 20.3 Å². The molecule has 0 amide bonds. The maximum absolute atomic E-state index is 10.9. The number of aryl methyl sites for hydroxylation is 1. The van der Waals surface area contributed by atoms with Crippen LogP contribution in [0.4, 0.5) is 0 Å². The Morgan fingerprint density at radius 1 is 1.79 bits per heavy atom. The van der Waals surface area contributed by atoms with Gasteiger partial charge in [-0.15, -0.1) is 11.3 Å². The number of hydrogen-bond donors (Lipinski definition) is 1. The first-order chi connectivity index (χ1) is 6.54. The fraction of sp³-hybridized carbons (Fsp3) is 0.444. The molecule has 0 radical (unpaired) electrons. The standard InChI is InChI=1S/C9H11BrO3S/c1-5-3-6(10)9(14-5)7(11)4-8(12)13-2/h3,7,11H,4H2,1-2H3/t7-/m0/s1. The molecule has 5 heteroatoms. The van der Waals surface area contributed by atoms with E-state index in [0.717, 1.165) is 14.2 Å². The number of rotatable bonds is 3. The van der Waals surface area contributed by atoms with Crippen molar-refractivity contribution in [3.63, 3.8) is 0 Å². The Hall–Kier alpha value is -0.390. The van der Waals surface area contributed by atoms with Gasteiger partial charge in [-0.3, -0.25) is 4.79 Å². The fourth-order valence-corrected chi connectivity index (χ4v) is 2.96. The van der Waals surface area contributed by atoms with Crippen molar-refractivity contribution in [2.75, 3.05) is 7.11 Å². The molecule has 14 heavy (non-hydrogen) atoms. The molecule has 0 aliphatic heterocycles. The molecule has 0 bridgehead atoms. The molecule has 78 valence electrons. The van der Waals surface area contributed by atoms with Gasteiger partial charge in [-0.2, -0.15) is 0 Å². The second-order valence-electron chi connectivity index (χ2n) is 2.87. The molecule has 1 rings (SSSR count). The molecule has 0 spiro atoms. The lowest BCUT2D eigenvalue weighted by Gasteiger charge is -2.07. The highest BCUT2D eigenvalue weighted by atomic mass is 79.9. The summed E-state index contributed by atoms with van der Waals surface area (Å²) in [5.74, 6) is -0.407. The summed E-state index contributed by atoms with van der Waals surface area (Å²) in [4.78, 5) is 12.8. The molecule has 3 nitrogen and oxygen atoms in total. The first kappa shape index (κ1) is 11.7. The van der Waals surface area contributed by atoms with Crippen LogP contribution < -0.4 is 0 Å². The van der Waals surface area contributed by atoms with E-state index < -0.39 is 12.1 Å². The summed E-state index contributed by atoms with van der Waals surface area (Å²) in [6.45, 7) is 1.95. The summed E-state index contributed by atoms with van der Waals surface area (Å²) in [5.41, 5.74) is 0. The highest BCUT2D eigenvalue weighted by molar-refractivity contribution is 9.10. The molecular formula is C9H11BrO3S. The molecule has 0 saturated carbocycles. The number of hydrogen-bond acceptors (Lipinski definition) is 4. The van der Waals surface area contributed by atoms with E-state index in [4.69, 9.17) is 0 Å². The maximum atomic E-state index is 10.9. The van der Waals surface area contributed by atoms with Gasteiger partial charge in [0, 0.05) is 14.2 Å². The summed E-state index contributed by atoms with van der Waals surface area (Å²) in [5, 5.41) is 9.70. The zero-order valence-electron chi connectivity index (χ0n) is 7.91. The predicted molar refractivity (Wildman–Crippen MR) is 58.3 cm³/mol. The van der Waals surface area contributed by atoms with Crippen LogP contribution in [0.2, 0.25) is 0 Å². The molecule has 0 aromatic carbocycles. The van der Waals surface area contributed by atoms with E-state index in [1.165, 1.54) is 18.4 Å². The molecule has 0 aliphatic rings. The lowest BCUT2D eigenvalue weighted by atomic mass is 10.2. The number of thiophene rings is 1. The highest BCUT2D eigenvalue weighted by Crippen LogP contribution is 2.33. The second kappa shape index (κ2) is 4.91. The molecule has 0 unspecified atom stereocenters. The number of carbonyl (C=O) groups is 1. The largest absolute Gasteiger partial charge is 0.469 e. The van der Waals surface area contributed by atoms with Crippen LogP contribution in [0.15, 0.2) is 10.5 Å². The molecular weight excluding hydrogens is 268 g/mol. The van der Waals surface area contributed by atoms with Crippen molar-refractivity contribution in [1.29, 1.82) is 0 Å². The van der Waals surface area contributed by atoms with Gasteiger partial charge < -0.3 is 9.84 Å². The van der Waals surface area contributed by atoms with Crippen LogP contribution in [0.1, 0.15) is 22.3 Å². The van der Waals surface area contributed by atoms with E-state index >= 15 is 0 Å². The molecule has 1 N–H and O–H groups in total. The minimum Gasteiger partial charge on any atom is -0.469 e. The summed E-state index contributed by atoms with van der Waals surface area (Å²) in [6, 6.07) is 1.92. The van der Waals surface area contributed by atoms with E-state index in [2.05, 4.69) is 20.7 Å². The summed E-state index contributed by atoms with van der Waals surface area (Å²) >= 11 is 4.80. The van der Waals surface area contributed by atoms with E-state index in [0.29, 0.717) is 0 Å². The molecule has 0 aliphatic carbocycles. The molecule has 0 saturated heterocycles. The second-order valence-corrected chi connectivity index (χ2v) is 5.01. The van der Waals surface area contributed by atoms with Gasteiger partial charge >= 0.3 is 5.97 Å². The summed E-state index contributed by atoms with van der Waals surface area (Å²) in [7, 11) is 1.31. The van der Waals surface area contributed by atoms with Crippen molar-refractivity contribution in [2.24, 2.45) is 0 Å². The Bertz CT molecular complexity index is 335. The number of halogens is 1. The summed E-state index contributed by atoms with van der Waals surface area (Å²) in [6.07, 6.45) is -0.787. The molecule has 0 fully saturated rings. The topological polar surface area (TPSA) is 46.5 Å². The van der Waals surface area contributed by atoms with Gasteiger partial charge in [0.15, 0.2) is 0 Å². The van der Waals surface area contributed by atoms with Crippen LogP contribution in [-0.4, -0.2) is 18.2 Å². The van der Waals surface area contributed by atoms with Gasteiger partial charge in [-0.25, -0.2) is 0 Å². The van der Waals surface area contributed by atoms with Crippen molar-refractivity contribution in [3.8, 4) is 0 Å². The van der Waals surface area contributed by atoms with Gasteiger partial charge in [-0.1, -0.05) is 0 Å². The highest BCUT2D eigenvalue weighted by Gasteiger charge is 2.18. The number of esters is 1. The number of aliphatic hydroxyl groups excluding tert-OH is 1. The average molecular weight is 279 g/mol. The van der Waals surface area contributed by atoms with Crippen LogP contribution >= 0.6 is 27.3 Å². The number of methoxy groups -OCH3 is 1. The predicted octanol–water partition coefficient (Wildman–Crippen LogP) is 2.42. The number of aliphatic hydroxyl groups is 1. The normalized spacial score (nSPS) is 12.6. The third-order valence-corrected chi connectivity index (χ3v) is 3.80. The Kier molecular flexibility index (Phi) is 4.10. The van der Waals surface area contributed by atoms with E-state index in [-0.39, 0.29) is 6.42 Å². The van der Waals surface area contributed by atoms with Gasteiger partial charge in [-0.05, 0) is 28.9 Å². The zero-order chi connectivity index (χ0) is 10.7. The minimum atomic E-state index is -0.782. The van der Waals surface area contributed by atoms with Crippen molar-refractivity contribution < 1.29 is 14.6 Å². The first-order valence-corrected chi connectivity index (χ1v) is 5.66. The maximum Gasteiger partial charge on any atom is 0.308 e. The van der Waals surface area contributed by atoms with Crippen LogP contribution in [0.25, 0.3) is 0 Å². The lowest BCUT2D eigenvalue weighted by molar-refractivity contribution is -0.142. The van der Waals surface area contributed by atoms with E-state index in [9.17, 15) is 9.90 Å². The van der Waals surface area contributed by atoms with Crippen LogP contribution in [0, 0.1) is 6.92 Å². The monoisotopic (exact) mass is 278 g/mol. The van der Waals surface area contributed by atoms with Crippen molar-refractivity contribution in [2.45, 2.75) is 19.4 Å². The Balaban J connectivity index is 2.73. The Labute approximate surface area is 94.8 Å². The SMILES string of the molecule is COC(=O)C[C@H](O)c1sc(C)cc1Br. The Morgan fingerprint density at radius 3 is 2.86 bits per heavy atom. The van der Waals surface area contributed by atoms with Crippen molar-refractivity contribution in [1.82, 2.24) is 0 Å².